The molecule has 105 heavy (non-hydrogen) atoms. The summed E-state index contributed by atoms with van der Waals surface area (Å²) in [6.07, 6.45) is 47.4. The van der Waals surface area contributed by atoms with E-state index in [9.17, 15) is 51.6 Å². The molecule has 0 atom stereocenters. The number of nitrogens with zero attached hydrogens (tertiary/aromatic N) is 10. The number of benzene rings is 2. The van der Waals surface area contributed by atoms with Gasteiger partial charge in [0.1, 0.15) is 46.8 Å². The molecule has 6 aromatic rings. The van der Waals surface area contributed by atoms with Gasteiger partial charge in [0.25, 0.3) is 0 Å². The van der Waals surface area contributed by atoms with Crippen LogP contribution < -0.4 is 9.47 Å². The number of amides is 2. The van der Waals surface area contributed by atoms with Crippen LogP contribution in [0.1, 0.15) is 201 Å². The fourth-order valence-corrected chi connectivity index (χ4v) is 19.6. The maximum absolute atomic E-state index is 12.3. The molecule has 2 saturated heterocycles. The van der Waals surface area contributed by atoms with Gasteiger partial charge in [0.15, 0.2) is 31.0 Å². The average molecular weight is 1740 g/mol. The Morgan fingerprint density at radius 1 is 0.514 bits per heavy atom. The zero-order valence-corrected chi connectivity index (χ0v) is 68.9. The Hall–Kier alpha value is -5.98. The average Bonchev–Trinajstić information content (AvgIpc) is 1.61. The number of allylic oxidation sites excluding steroid dienone is 4. The Morgan fingerprint density at radius 3 is 1.12 bits per heavy atom. The number of likely N-dealkylation sites (tertiary alicyclic amines) is 2. The van der Waals surface area contributed by atoms with Gasteiger partial charge in [0, 0.05) is 101 Å². The topological polar surface area (TPSA) is 233 Å². The van der Waals surface area contributed by atoms with Crippen molar-refractivity contribution < 1.29 is 94.8 Å². The van der Waals surface area contributed by atoms with Gasteiger partial charge in [0.05, 0.1) is 53.3 Å². The second-order valence-electron chi connectivity index (χ2n) is 28.4. The zero-order chi connectivity index (χ0) is 76.3. The van der Waals surface area contributed by atoms with Crippen molar-refractivity contribution in [2.24, 2.45) is 0 Å². The molecule has 12 rings (SSSR count). The van der Waals surface area contributed by atoms with E-state index in [4.69, 9.17) is 23.1 Å². The predicted molar refractivity (Wildman–Crippen MR) is 408 cm³/mol. The smallest absolute Gasteiger partial charge is 0.410 e. The summed E-state index contributed by atoms with van der Waals surface area (Å²) in [4.78, 5) is 45.1. The minimum atomic E-state index is -10.7. The van der Waals surface area contributed by atoms with Crippen LogP contribution in [0.4, 0.5) is 34.8 Å². The van der Waals surface area contributed by atoms with E-state index in [-0.39, 0.29) is 102 Å². The van der Waals surface area contributed by atoms with Gasteiger partial charge in [-0.2, -0.15) is 10.2 Å². The molecule has 5 fully saturated rings. The molecule has 0 N–H and O–H groups in total. The molecule has 593 valence electrons. The molecular weight excluding hydrogens is 1620 g/mol. The molecule has 4 aromatic heterocycles. The summed E-state index contributed by atoms with van der Waals surface area (Å²) in [5, 5.41) is 9.82. The maximum atomic E-state index is 12.3. The quantitative estimate of drug-likeness (QED) is 0.0508. The predicted octanol–water partition coefficient (Wildman–Crippen LogP) is 20.2. The van der Waals surface area contributed by atoms with E-state index in [1.165, 1.54) is 104 Å². The van der Waals surface area contributed by atoms with Crippen LogP contribution in [0.15, 0.2) is 108 Å². The van der Waals surface area contributed by atoms with Crippen molar-refractivity contribution in [3.8, 4) is 23.1 Å². The van der Waals surface area contributed by atoms with Crippen LogP contribution in [0.3, 0.4) is 0 Å². The number of hydrogen-bond acceptors (Lipinski definition) is 16. The third kappa shape index (κ3) is 31.3. The molecule has 4 aliphatic carbocycles. The van der Waals surface area contributed by atoms with Crippen LogP contribution in [0.5, 0.6) is 11.8 Å². The number of ether oxygens (including phenoxy) is 4. The van der Waals surface area contributed by atoms with Crippen LogP contribution in [0.2, 0.25) is 0 Å². The molecule has 2 amide bonds. The molecule has 0 spiro atoms. The first-order valence-corrected chi connectivity index (χ1v) is 42.3. The van der Waals surface area contributed by atoms with Crippen molar-refractivity contribution in [3.05, 3.63) is 120 Å². The summed E-state index contributed by atoms with van der Waals surface area (Å²) in [5.74, 6) is 0.734. The Morgan fingerprint density at radius 2 is 0.819 bits per heavy atom. The number of fused-ring (bicyclic) bond motifs is 2. The van der Waals surface area contributed by atoms with Gasteiger partial charge in [-0.15, -0.1) is 0 Å². The van der Waals surface area contributed by atoms with E-state index in [0.29, 0.717) is 91.4 Å². The molecule has 2 aliphatic heterocycles. The molecule has 31 heteroatoms. The van der Waals surface area contributed by atoms with Gasteiger partial charge >= 0.3 is 45.2 Å². The summed E-state index contributed by atoms with van der Waals surface area (Å²) in [6, 6.07) is 8.47. The largest absolute Gasteiger partial charge is 0.474 e. The van der Waals surface area contributed by atoms with Gasteiger partial charge in [-0.3, -0.25) is 0 Å². The van der Waals surface area contributed by atoms with E-state index >= 15 is 0 Å². The fraction of sp³-hybridized carbons (Fsp3) is 0.581. The number of rotatable bonds is 11. The monoisotopic (exact) mass is 1740 g/mol. The first-order valence-electron chi connectivity index (χ1n) is 36.8. The third-order valence-electron chi connectivity index (χ3n) is 17.8. The van der Waals surface area contributed by atoms with E-state index < -0.39 is 38.7 Å². The van der Waals surface area contributed by atoms with Crippen molar-refractivity contribution in [2.75, 3.05) is 38.7 Å². The van der Waals surface area contributed by atoms with E-state index in [1.54, 1.807) is 129 Å². The van der Waals surface area contributed by atoms with Crippen LogP contribution in [-0.4, -0.2) is 157 Å². The minimum Gasteiger partial charge on any atom is -0.474 e. The standard InChI is InChI=1S/2C22H27N5O5S.C18H33P.C8H12.CH4.3CH3.F6P.Ir/c2*1-22(2,3)32-21(28)26-11-9-16(10-12-26)31-20-18-13-25-27(19(18)23-14-24-20)15-5-7-17(8-6-15)33(4,29)30;1-4-10-16(11-5-1)19(17-12-6-2-7-13-17)18-14-8-3-9-15-18;1-2-4-6-8-7-5-3-1;;;;;1-7(2,3,4,5)6;/h2*5-8,13-14,16H,9-12H2,1-4H3;16-18H,1-15H2;1-2,7-8H,3-6H2;1H4;3*1H3;;/q;;;;;2*-1;+1;-1;/p+1/b;;;2-1-,8-7?;;;;;;/i5T,6T;;;;1T;;;;;. The van der Waals surface area contributed by atoms with Crippen molar-refractivity contribution in [1.82, 2.24) is 49.3 Å². The molecule has 3 saturated carbocycles. The van der Waals surface area contributed by atoms with E-state index in [2.05, 4.69) is 54.4 Å². The van der Waals surface area contributed by atoms with E-state index in [1.807, 2.05) is 41.5 Å². The Balaban J connectivity index is 0.000000381. The molecule has 1 radical (unpaired) electrons. The summed E-state index contributed by atoms with van der Waals surface area (Å²) in [7, 11) is -16.3. The normalized spacial score (nSPS) is 18.7. The number of hydrogen-bond donors (Lipinski definition) is 0. The zero-order valence-electron chi connectivity index (χ0n) is 66.0. The van der Waals surface area contributed by atoms with Gasteiger partial charge in [0.2, 0.25) is 11.8 Å². The number of sulfone groups is 2. The minimum absolute atomic E-state index is 0. The van der Waals surface area contributed by atoms with Crippen molar-refractivity contribution in [1.29, 1.82) is 0 Å². The summed E-state index contributed by atoms with van der Waals surface area (Å²) in [5.41, 5.74) is 4.26. The maximum Gasteiger partial charge on any atom is 0.410 e. The number of carbonyl (C=O) groups is 2. The van der Waals surface area contributed by atoms with Crippen LogP contribution >= 0.6 is 15.7 Å². The number of carbonyl (C=O) groups excluding carboxylic acids is 2. The van der Waals surface area contributed by atoms with Crippen molar-refractivity contribution in [3.63, 3.8) is 0 Å². The SMILES string of the molecule is C1=CCC/C=C\CC1.C1CCC([PH+](C2CCCCC2)C2CCCCC2)CC1.CC(C)(C)OC(=O)N1CCC(Oc2ncnc3c2cnn3-c2ccc(S(C)(=O)=O)cc2)CC1.F[P-](F)(F)(F)(F)F.[3H]C.[3H]c1cc(S(C)(=O)=O)cc([3H])c1-n1ncc2c(OC3CCN(C(=O)OC(C)(C)C)CC3)ncnc21.[CH3+].[CH3-].[CH3-].[Ir]. The Bertz CT molecular complexity index is 3990. The first kappa shape index (κ1) is 87.9. The van der Waals surface area contributed by atoms with Crippen molar-refractivity contribution in [2.45, 2.75) is 247 Å². The molecule has 6 aliphatic rings. The first-order chi connectivity index (χ1) is 48.7. The Labute approximate surface area is 638 Å². The van der Waals surface area contributed by atoms with Crippen LogP contribution in [0, 0.1) is 22.3 Å². The molecule has 2 aromatic carbocycles. The summed E-state index contributed by atoms with van der Waals surface area (Å²) >= 11 is 0. The summed E-state index contributed by atoms with van der Waals surface area (Å²) in [6.45, 7) is 13.1. The van der Waals surface area contributed by atoms with Crippen LogP contribution in [0.25, 0.3) is 33.4 Å². The van der Waals surface area contributed by atoms with Gasteiger partial charge < -0.3 is 43.6 Å². The second-order valence-corrected chi connectivity index (χ2v) is 37.8. The van der Waals surface area contributed by atoms with Crippen molar-refractivity contribution >= 4 is 69.7 Å². The molecule has 0 unspecified atom stereocenters. The van der Waals surface area contributed by atoms with Gasteiger partial charge in [-0.25, -0.2) is 55.7 Å². The second kappa shape index (κ2) is 39.9. The third-order valence-corrected chi connectivity index (χ3v) is 24.6. The number of aromatic nitrogens is 8. The Kier molecular flexibility index (Phi) is 33.4. The number of piperidine rings is 2. The molecular formula is C74H113F6IrN10O10P2S2-. The molecule has 0 bridgehead atoms. The van der Waals surface area contributed by atoms with Crippen LogP contribution in [-0.2, 0) is 49.3 Å². The van der Waals surface area contributed by atoms with E-state index in [0.717, 1.165) is 6.26 Å². The molecule has 6 heterocycles. The fourth-order valence-electron chi connectivity index (χ4n) is 13.2. The number of halogens is 6. The molecule has 20 nitrogen and oxygen atoms in total. The van der Waals surface area contributed by atoms with Gasteiger partial charge in [-0.1, -0.05) is 51.0 Å². The van der Waals surface area contributed by atoms with Gasteiger partial charge in [-0.05, 0) is 193 Å². The summed E-state index contributed by atoms with van der Waals surface area (Å²) < 4.78 is 155.